The fraction of sp³-hybridized carbons (Fsp3) is 0.560. The molecule has 3 aromatic rings. The molecule has 55 heavy (non-hydrogen) atoms. The van der Waals surface area contributed by atoms with Gasteiger partial charge in [0.2, 0.25) is 0 Å². The van der Waals surface area contributed by atoms with Gasteiger partial charge in [-0.25, -0.2) is 0 Å². The number of allylic oxidation sites excluding steroid dienone is 4. The van der Waals surface area contributed by atoms with Crippen LogP contribution in [0.15, 0.2) is 75.3 Å². The van der Waals surface area contributed by atoms with E-state index in [0.717, 1.165) is 19.3 Å². The molecule has 4 rings (SSSR count). The Labute approximate surface area is 370 Å². The first-order valence-corrected chi connectivity index (χ1v) is 22.8. The van der Waals surface area contributed by atoms with Crippen molar-refractivity contribution >= 4 is 23.6 Å². The molecule has 0 radical (unpaired) electrons. The smallest absolute Gasteiger partial charge is 1.00 e. The van der Waals surface area contributed by atoms with E-state index in [4.69, 9.17) is 0 Å². The zero-order valence-electron chi connectivity index (χ0n) is 38.0. The number of rotatable bonds is 6. The summed E-state index contributed by atoms with van der Waals surface area (Å²) in [6.45, 7) is 45.6. The van der Waals surface area contributed by atoms with E-state index < -0.39 is 8.07 Å². The second-order valence-corrected chi connectivity index (χ2v) is 26.9. The standard InChI is InChI=1S/C50H73Si.3ClH.Ti/c1-20-22-34-23-21-24-44(34)51(41-28-35(45(2,3)4)25-36(29-41)46(5,6)7,42-30-37(47(8,9)10)26-38(31-42)48(11,12)13)43-32-39(49(14,15)16)27-40(33-43)50(17,18)19;;;;/h21,25-33H,20,22,24H2,1-19H3;3*1H;/q;;;;+3/p-3. The first-order valence-electron chi connectivity index (χ1n) is 20.1. The van der Waals surface area contributed by atoms with Crippen LogP contribution in [0.4, 0.5) is 0 Å². The topological polar surface area (TPSA) is 0 Å². The molecule has 1 aliphatic carbocycles. The molecular weight excluding hydrogens is 783 g/mol. The average Bonchev–Trinajstić information content (AvgIpc) is 3.34. The van der Waals surface area contributed by atoms with Crippen molar-refractivity contribution in [1.29, 1.82) is 0 Å². The van der Waals surface area contributed by atoms with Crippen molar-refractivity contribution in [1.82, 2.24) is 0 Å². The van der Waals surface area contributed by atoms with E-state index in [1.807, 2.05) is 0 Å². The first kappa shape index (κ1) is 52.0. The monoisotopic (exact) mass is 854 g/mol. The molecule has 0 nitrogen and oxygen atoms in total. The van der Waals surface area contributed by atoms with Crippen LogP contribution in [0.1, 0.15) is 184 Å². The van der Waals surface area contributed by atoms with E-state index in [1.165, 1.54) is 37.3 Å². The van der Waals surface area contributed by atoms with E-state index in [2.05, 4.69) is 213 Å². The SMILES string of the molecule is CCCC1=C([Si](c2cc(C(C)(C)C)cc(C(C)(C)C)c2)(c2cc(C(C)(C)C)cc(C(C)(C)C)c2)c2cc(C(C)(C)C)cc(C(C)(C)C)c2)CC=[C]1[Ti+3].[Cl-].[Cl-].[Cl-]. The van der Waals surface area contributed by atoms with Gasteiger partial charge in [0, 0.05) is 0 Å². The molecule has 0 bridgehead atoms. The molecule has 0 unspecified atom stereocenters. The molecule has 0 heterocycles. The van der Waals surface area contributed by atoms with E-state index in [0.29, 0.717) is 0 Å². The summed E-state index contributed by atoms with van der Waals surface area (Å²) >= 11 is 2.39. The fourth-order valence-corrected chi connectivity index (χ4v) is 13.9. The molecular formula is C50H73Cl3SiTi. The van der Waals surface area contributed by atoms with Crippen molar-refractivity contribution in [2.75, 3.05) is 0 Å². The largest absolute Gasteiger partial charge is 1.00 e. The average molecular weight is 856 g/mol. The molecule has 0 saturated heterocycles. The van der Waals surface area contributed by atoms with Crippen LogP contribution in [0.3, 0.4) is 0 Å². The third-order valence-corrected chi connectivity index (χ3v) is 17.1. The molecule has 1 aliphatic rings. The molecule has 0 spiro atoms. The van der Waals surface area contributed by atoms with E-state index in [-0.39, 0.29) is 69.7 Å². The Bertz CT molecular complexity index is 1590. The van der Waals surface area contributed by atoms with E-state index in [1.54, 1.807) is 26.3 Å². The summed E-state index contributed by atoms with van der Waals surface area (Å²) in [6, 6.07) is 23.6. The van der Waals surface area contributed by atoms with Crippen molar-refractivity contribution < 1.29 is 57.7 Å². The third kappa shape index (κ3) is 11.2. The van der Waals surface area contributed by atoms with Crippen LogP contribution in [-0.4, -0.2) is 8.07 Å². The number of hydrogen-bond donors (Lipinski definition) is 0. The molecule has 0 atom stereocenters. The van der Waals surface area contributed by atoms with Crippen LogP contribution in [0.5, 0.6) is 0 Å². The summed E-state index contributed by atoms with van der Waals surface area (Å²) in [4.78, 5) is 0. The first-order chi connectivity index (χ1) is 23.4. The van der Waals surface area contributed by atoms with Gasteiger partial charge in [-0.15, -0.1) is 0 Å². The maximum atomic E-state index is 2.67. The van der Waals surface area contributed by atoms with Crippen molar-refractivity contribution in [2.45, 2.75) is 183 Å². The van der Waals surface area contributed by atoms with Gasteiger partial charge in [-0.3, -0.25) is 0 Å². The van der Waals surface area contributed by atoms with Crippen LogP contribution < -0.4 is 52.8 Å². The maximum Gasteiger partial charge on any atom is -1.00 e. The molecule has 0 aromatic heterocycles. The summed E-state index contributed by atoms with van der Waals surface area (Å²) < 4.78 is 1.49. The van der Waals surface area contributed by atoms with Crippen LogP contribution in [0, 0.1) is 0 Å². The minimum atomic E-state index is -2.97. The molecule has 0 amide bonds. The third-order valence-electron chi connectivity index (χ3n) is 11.4. The maximum absolute atomic E-state index is 2.97. The number of hydrogen-bond acceptors (Lipinski definition) is 0. The van der Waals surface area contributed by atoms with Crippen molar-refractivity contribution in [2.24, 2.45) is 0 Å². The van der Waals surface area contributed by atoms with Crippen LogP contribution >= 0.6 is 0 Å². The molecule has 0 saturated carbocycles. The Morgan fingerprint density at radius 3 is 0.873 bits per heavy atom. The quantitative estimate of drug-likeness (QED) is 0.264. The number of benzene rings is 3. The van der Waals surface area contributed by atoms with Gasteiger partial charge in [-0.2, -0.15) is 0 Å². The summed E-state index contributed by atoms with van der Waals surface area (Å²) in [5.41, 5.74) is 10.3. The predicted octanol–water partition coefficient (Wildman–Crippen LogP) is 3.42. The van der Waals surface area contributed by atoms with Crippen molar-refractivity contribution in [3.63, 3.8) is 0 Å². The van der Waals surface area contributed by atoms with Gasteiger partial charge in [0.15, 0.2) is 0 Å². The van der Waals surface area contributed by atoms with Gasteiger partial charge in [-0.1, -0.05) is 0 Å². The van der Waals surface area contributed by atoms with Gasteiger partial charge in [0.1, 0.15) is 0 Å². The zero-order chi connectivity index (χ0) is 39.6. The predicted molar refractivity (Wildman–Crippen MR) is 231 cm³/mol. The minimum Gasteiger partial charge on any atom is -1.00 e. The Morgan fingerprint density at radius 1 is 0.436 bits per heavy atom. The second kappa shape index (κ2) is 17.7. The van der Waals surface area contributed by atoms with Gasteiger partial charge in [-0.05, 0) is 0 Å². The van der Waals surface area contributed by atoms with Crippen molar-refractivity contribution in [3.8, 4) is 0 Å². The molecule has 5 heteroatoms. The molecule has 0 fully saturated rings. The Hall–Kier alpha value is -1.06. The molecule has 3 aromatic carbocycles. The second-order valence-electron chi connectivity index (χ2n) is 22.2. The molecule has 0 aliphatic heterocycles. The summed E-state index contributed by atoms with van der Waals surface area (Å²) in [7, 11) is -2.97. The van der Waals surface area contributed by atoms with Crippen LogP contribution in [-0.2, 0) is 52.9 Å². The van der Waals surface area contributed by atoms with Crippen molar-refractivity contribution in [3.05, 3.63) is 109 Å². The Kier molecular flexibility index (Phi) is 16.7. The summed E-state index contributed by atoms with van der Waals surface area (Å²) in [6.07, 6.45) is 5.85. The fourth-order valence-electron chi connectivity index (χ4n) is 7.68. The van der Waals surface area contributed by atoms with E-state index in [9.17, 15) is 0 Å². The van der Waals surface area contributed by atoms with E-state index >= 15 is 0 Å². The minimum absolute atomic E-state index is 0. The molecule has 302 valence electrons. The van der Waals surface area contributed by atoms with Crippen LogP contribution in [0.25, 0.3) is 0 Å². The Balaban J connectivity index is 0.00000504. The van der Waals surface area contributed by atoms with Crippen LogP contribution in [0.2, 0.25) is 0 Å². The molecule has 0 N–H and O–H groups in total. The summed E-state index contributed by atoms with van der Waals surface area (Å²) in [5, 5.41) is 6.35. The Morgan fingerprint density at radius 2 is 0.673 bits per heavy atom. The number of halogens is 3. The van der Waals surface area contributed by atoms with Gasteiger partial charge in [0.05, 0.1) is 0 Å². The van der Waals surface area contributed by atoms with Gasteiger partial charge >= 0.3 is 336 Å². The summed E-state index contributed by atoms with van der Waals surface area (Å²) in [5.74, 6) is 0. The zero-order valence-corrected chi connectivity index (χ0v) is 42.9. The normalized spacial score (nSPS) is 14.6. The van der Waals surface area contributed by atoms with Gasteiger partial charge < -0.3 is 37.2 Å². The van der Waals surface area contributed by atoms with Gasteiger partial charge in [0.25, 0.3) is 0 Å².